The zero-order chi connectivity index (χ0) is 18.1. The number of amides is 2. The second kappa shape index (κ2) is 9.03. The normalized spacial score (nSPS) is 9.64. The number of carbonyl (C=O) groups excluding carboxylic acids is 1. The molecule has 0 aliphatic rings. The third-order valence-electron chi connectivity index (χ3n) is 3.28. The maximum absolute atomic E-state index is 11.8. The topological polar surface area (TPSA) is 92.6 Å². The summed E-state index contributed by atoms with van der Waals surface area (Å²) in [4.78, 5) is 11.8. The molecule has 2 rings (SSSR count). The van der Waals surface area contributed by atoms with Gasteiger partial charge in [0.1, 0.15) is 6.61 Å². The van der Waals surface area contributed by atoms with E-state index in [9.17, 15) is 4.79 Å². The van der Waals surface area contributed by atoms with E-state index in [1.54, 1.807) is 49.6 Å². The first-order valence-corrected chi connectivity index (χ1v) is 7.56. The van der Waals surface area contributed by atoms with Crippen molar-refractivity contribution < 1.29 is 19.0 Å². The number of urea groups is 1. The number of methoxy groups -OCH3 is 2. The summed E-state index contributed by atoms with van der Waals surface area (Å²) in [6.45, 7) is 0.576. The van der Waals surface area contributed by atoms with Gasteiger partial charge in [0.25, 0.3) is 0 Å². The van der Waals surface area contributed by atoms with E-state index in [2.05, 4.69) is 10.6 Å². The van der Waals surface area contributed by atoms with Crippen LogP contribution in [0.15, 0.2) is 42.5 Å². The molecule has 0 fully saturated rings. The SMILES string of the molecule is COc1cccc(OCCNC(=O)Nc2ccc(C#N)cc2)c1OC. The van der Waals surface area contributed by atoms with Crippen LogP contribution in [0.5, 0.6) is 17.2 Å². The summed E-state index contributed by atoms with van der Waals surface area (Å²) in [6.07, 6.45) is 0. The molecule has 7 heteroatoms. The van der Waals surface area contributed by atoms with Crippen LogP contribution in [-0.2, 0) is 0 Å². The first-order valence-electron chi connectivity index (χ1n) is 7.56. The average Bonchev–Trinajstić information content (AvgIpc) is 2.65. The lowest BCUT2D eigenvalue weighted by molar-refractivity contribution is 0.245. The standard InChI is InChI=1S/C18H19N3O4/c1-23-15-4-3-5-16(17(15)24-2)25-11-10-20-18(22)21-14-8-6-13(12-19)7-9-14/h3-9H,10-11H2,1-2H3,(H2,20,21,22). The van der Waals surface area contributed by atoms with Crippen molar-refractivity contribution in [2.45, 2.75) is 0 Å². The maximum atomic E-state index is 11.8. The Balaban J connectivity index is 1.79. The Kier molecular flexibility index (Phi) is 6.48. The zero-order valence-electron chi connectivity index (χ0n) is 14.0. The van der Waals surface area contributed by atoms with Gasteiger partial charge in [-0.3, -0.25) is 0 Å². The van der Waals surface area contributed by atoms with Crippen LogP contribution in [-0.4, -0.2) is 33.4 Å². The van der Waals surface area contributed by atoms with Crippen LogP contribution in [0, 0.1) is 11.3 Å². The highest BCUT2D eigenvalue weighted by molar-refractivity contribution is 5.89. The smallest absolute Gasteiger partial charge is 0.319 e. The predicted octanol–water partition coefficient (Wildman–Crippen LogP) is 2.78. The van der Waals surface area contributed by atoms with Crippen LogP contribution in [0.25, 0.3) is 0 Å². The minimum atomic E-state index is -0.356. The minimum Gasteiger partial charge on any atom is -0.493 e. The van der Waals surface area contributed by atoms with Crippen molar-refractivity contribution in [1.29, 1.82) is 5.26 Å². The monoisotopic (exact) mass is 341 g/mol. The number of rotatable bonds is 7. The first kappa shape index (κ1) is 17.9. The first-order chi connectivity index (χ1) is 12.2. The molecule has 130 valence electrons. The van der Waals surface area contributed by atoms with Crippen LogP contribution in [0.1, 0.15) is 5.56 Å². The van der Waals surface area contributed by atoms with Gasteiger partial charge in [0.2, 0.25) is 5.75 Å². The number of carbonyl (C=O) groups is 1. The van der Waals surface area contributed by atoms with E-state index in [1.165, 1.54) is 7.11 Å². The second-order valence-electron chi connectivity index (χ2n) is 4.91. The van der Waals surface area contributed by atoms with Crippen molar-refractivity contribution in [3.05, 3.63) is 48.0 Å². The van der Waals surface area contributed by atoms with E-state index in [4.69, 9.17) is 19.5 Å². The van der Waals surface area contributed by atoms with Crippen LogP contribution >= 0.6 is 0 Å². The molecule has 0 saturated heterocycles. The number of para-hydroxylation sites is 1. The highest BCUT2D eigenvalue weighted by atomic mass is 16.5. The fourth-order valence-corrected chi connectivity index (χ4v) is 2.10. The molecule has 0 atom stereocenters. The summed E-state index contributed by atoms with van der Waals surface area (Å²) in [7, 11) is 3.09. The highest BCUT2D eigenvalue weighted by Gasteiger charge is 2.10. The Morgan fingerprint density at radius 1 is 1.08 bits per heavy atom. The van der Waals surface area contributed by atoms with Gasteiger partial charge in [0.05, 0.1) is 32.4 Å². The molecule has 7 nitrogen and oxygen atoms in total. The molecule has 2 amide bonds. The number of nitrogens with zero attached hydrogens (tertiary/aromatic N) is 1. The van der Waals surface area contributed by atoms with Crippen molar-refractivity contribution in [3.8, 4) is 23.3 Å². The predicted molar refractivity (Wildman–Crippen MR) is 93.2 cm³/mol. The van der Waals surface area contributed by atoms with Gasteiger partial charge in [0, 0.05) is 5.69 Å². The number of ether oxygens (including phenoxy) is 3. The number of hydrogen-bond donors (Lipinski definition) is 2. The molecule has 2 aromatic rings. The second-order valence-corrected chi connectivity index (χ2v) is 4.91. The van der Waals surface area contributed by atoms with Gasteiger partial charge >= 0.3 is 6.03 Å². The Morgan fingerprint density at radius 3 is 2.44 bits per heavy atom. The third kappa shape index (κ3) is 5.04. The Labute approximate surface area is 146 Å². The third-order valence-corrected chi connectivity index (χ3v) is 3.28. The lowest BCUT2D eigenvalue weighted by Crippen LogP contribution is -2.32. The van der Waals surface area contributed by atoms with E-state index >= 15 is 0 Å². The van der Waals surface area contributed by atoms with Crippen LogP contribution < -0.4 is 24.8 Å². The van der Waals surface area contributed by atoms with Crippen molar-refractivity contribution in [2.24, 2.45) is 0 Å². The number of anilines is 1. The van der Waals surface area contributed by atoms with E-state index in [0.29, 0.717) is 35.0 Å². The summed E-state index contributed by atoms with van der Waals surface area (Å²) >= 11 is 0. The molecule has 2 aromatic carbocycles. The molecule has 0 aromatic heterocycles. The molecule has 2 N–H and O–H groups in total. The Hall–Kier alpha value is -3.40. The number of hydrogen-bond acceptors (Lipinski definition) is 5. The van der Waals surface area contributed by atoms with Gasteiger partial charge in [-0.25, -0.2) is 4.79 Å². The molecule has 0 aliphatic heterocycles. The average molecular weight is 341 g/mol. The lowest BCUT2D eigenvalue weighted by atomic mass is 10.2. The summed E-state index contributed by atoms with van der Waals surface area (Å²) < 4.78 is 16.1. The molecule has 0 saturated carbocycles. The molecule has 0 heterocycles. The van der Waals surface area contributed by atoms with Crippen molar-refractivity contribution in [2.75, 3.05) is 32.7 Å². The lowest BCUT2D eigenvalue weighted by Gasteiger charge is -2.14. The van der Waals surface area contributed by atoms with Gasteiger partial charge in [-0.2, -0.15) is 5.26 Å². The van der Waals surface area contributed by atoms with E-state index in [1.807, 2.05) is 6.07 Å². The fourth-order valence-electron chi connectivity index (χ4n) is 2.10. The summed E-state index contributed by atoms with van der Waals surface area (Å²) in [5.74, 6) is 1.62. The Morgan fingerprint density at radius 2 is 1.80 bits per heavy atom. The number of nitrogens with one attached hydrogen (secondary N) is 2. The van der Waals surface area contributed by atoms with E-state index < -0.39 is 0 Å². The summed E-state index contributed by atoms with van der Waals surface area (Å²) in [6, 6.07) is 13.6. The molecule has 0 spiro atoms. The molecular formula is C18H19N3O4. The van der Waals surface area contributed by atoms with E-state index in [0.717, 1.165) is 0 Å². The summed E-state index contributed by atoms with van der Waals surface area (Å²) in [5.41, 5.74) is 1.14. The van der Waals surface area contributed by atoms with Crippen LogP contribution in [0.2, 0.25) is 0 Å². The van der Waals surface area contributed by atoms with Gasteiger partial charge in [-0.1, -0.05) is 6.07 Å². The van der Waals surface area contributed by atoms with Gasteiger partial charge in [-0.05, 0) is 36.4 Å². The van der Waals surface area contributed by atoms with Gasteiger partial charge in [-0.15, -0.1) is 0 Å². The van der Waals surface area contributed by atoms with Gasteiger partial charge < -0.3 is 24.8 Å². The molecule has 0 bridgehead atoms. The quantitative estimate of drug-likeness (QED) is 0.756. The van der Waals surface area contributed by atoms with Crippen LogP contribution in [0.4, 0.5) is 10.5 Å². The maximum Gasteiger partial charge on any atom is 0.319 e. The summed E-state index contributed by atoms with van der Waals surface area (Å²) in [5, 5.41) is 14.1. The minimum absolute atomic E-state index is 0.268. The van der Waals surface area contributed by atoms with Crippen molar-refractivity contribution in [3.63, 3.8) is 0 Å². The number of benzene rings is 2. The van der Waals surface area contributed by atoms with Gasteiger partial charge in [0.15, 0.2) is 11.5 Å². The zero-order valence-corrected chi connectivity index (χ0v) is 14.0. The van der Waals surface area contributed by atoms with E-state index in [-0.39, 0.29) is 12.6 Å². The molecule has 25 heavy (non-hydrogen) atoms. The molecule has 0 radical (unpaired) electrons. The highest BCUT2D eigenvalue weighted by Crippen LogP contribution is 2.36. The Bertz CT molecular complexity index is 754. The van der Waals surface area contributed by atoms with Crippen molar-refractivity contribution in [1.82, 2.24) is 5.32 Å². The van der Waals surface area contributed by atoms with Crippen molar-refractivity contribution >= 4 is 11.7 Å². The molecule has 0 unspecified atom stereocenters. The fraction of sp³-hybridized carbons (Fsp3) is 0.222. The number of nitriles is 1. The largest absolute Gasteiger partial charge is 0.493 e. The molecule has 0 aliphatic carbocycles. The van der Waals surface area contributed by atoms with Crippen LogP contribution in [0.3, 0.4) is 0 Å². The molecular weight excluding hydrogens is 322 g/mol.